The third kappa shape index (κ3) is 2.43. The maximum Gasteiger partial charge on any atom is 0.275 e. The minimum atomic E-state index is -0.297. The molecule has 0 bridgehead atoms. The molecule has 0 atom stereocenters. The first-order valence-electron chi connectivity index (χ1n) is 4.95. The number of aliphatic imine (C=N–C) groups is 1. The number of nitrogens with two attached hydrogens (primary N) is 1. The monoisotopic (exact) mass is 208 g/mol. The molecular formula is C10H16N4O. The summed E-state index contributed by atoms with van der Waals surface area (Å²) in [5, 5.41) is 6.34. The number of aromatic nitrogens is 2. The second-order valence-corrected chi connectivity index (χ2v) is 3.55. The van der Waals surface area contributed by atoms with Gasteiger partial charge in [-0.25, -0.2) is 5.10 Å². The van der Waals surface area contributed by atoms with Crippen LogP contribution in [0.25, 0.3) is 0 Å². The molecule has 5 nitrogen and oxygen atoms in total. The number of H-pyrrole nitrogens is 1. The van der Waals surface area contributed by atoms with E-state index >= 15 is 0 Å². The van der Waals surface area contributed by atoms with Crippen molar-refractivity contribution in [1.29, 1.82) is 0 Å². The molecule has 0 fully saturated rings. The Balaban J connectivity index is 3.30. The van der Waals surface area contributed by atoms with E-state index in [9.17, 15) is 4.79 Å². The first-order chi connectivity index (χ1) is 7.07. The predicted octanol–water partition coefficient (Wildman–Crippen LogP) is 0.914. The molecular weight excluding hydrogens is 192 g/mol. The van der Waals surface area contributed by atoms with Crippen LogP contribution in [0.2, 0.25) is 0 Å². The fraction of sp³-hybridized carbons (Fsp3) is 0.500. The molecule has 1 heterocycles. The number of nitrogens with zero attached hydrogens (tertiary/aromatic N) is 2. The van der Waals surface area contributed by atoms with Gasteiger partial charge < -0.3 is 5.73 Å². The molecule has 0 radical (unpaired) electrons. The summed E-state index contributed by atoms with van der Waals surface area (Å²) in [6.45, 7) is 6.46. The SMILES string of the molecule is CCN=Cc1c(N)c(C(C)C)n[nH]c1=O. The van der Waals surface area contributed by atoms with Gasteiger partial charge in [-0.3, -0.25) is 9.79 Å². The third-order valence-corrected chi connectivity index (χ3v) is 2.04. The van der Waals surface area contributed by atoms with E-state index in [-0.39, 0.29) is 11.5 Å². The minimum absolute atomic E-state index is 0.177. The van der Waals surface area contributed by atoms with E-state index in [0.717, 1.165) is 0 Å². The maximum absolute atomic E-state index is 11.4. The van der Waals surface area contributed by atoms with Gasteiger partial charge in [0.1, 0.15) is 0 Å². The summed E-state index contributed by atoms with van der Waals surface area (Å²) in [5.41, 5.74) is 7.08. The van der Waals surface area contributed by atoms with Gasteiger partial charge in [-0.05, 0) is 12.8 Å². The fourth-order valence-electron chi connectivity index (χ4n) is 1.24. The first-order valence-corrected chi connectivity index (χ1v) is 4.95. The lowest BCUT2D eigenvalue weighted by Crippen LogP contribution is -2.20. The highest BCUT2D eigenvalue weighted by atomic mass is 16.1. The molecule has 15 heavy (non-hydrogen) atoms. The van der Waals surface area contributed by atoms with E-state index in [0.29, 0.717) is 23.5 Å². The van der Waals surface area contributed by atoms with Crippen molar-refractivity contribution in [2.24, 2.45) is 4.99 Å². The number of hydrogen-bond acceptors (Lipinski definition) is 4. The molecule has 0 aromatic carbocycles. The Labute approximate surface area is 88.4 Å². The van der Waals surface area contributed by atoms with Gasteiger partial charge in [-0.15, -0.1) is 0 Å². The second kappa shape index (κ2) is 4.72. The molecule has 82 valence electrons. The van der Waals surface area contributed by atoms with Crippen LogP contribution in [0.5, 0.6) is 0 Å². The van der Waals surface area contributed by atoms with Gasteiger partial charge in [0.25, 0.3) is 5.56 Å². The van der Waals surface area contributed by atoms with Crippen molar-refractivity contribution in [1.82, 2.24) is 10.2 Å². The van der Waals surface area contributed by atoms with Crippen LogP contribution >= 0.6 is 0 Å². The average Bonchev–Trinajstić information content (AvgIpc) is 2.17. The van der Waals surface area contributed by atoms with Crippen LogP contribution in [0.15, 0.2) is 9.79 Å². The van der Waals surface area contributed by atoms with Crippen LogP contribution in [-0.2, 0) is 0 Å². The normalized spacial score (nSPS) is 11.5. The van der Waals surface area contributed by atoms with Crippen LogP contribution in [0.4, 0.5) is 5.69 Å². The van der Waals surface area contributed by atoms with Crippen LogP contribution in [0, 0.1) is 0 Å². The Kier molecular flexibility index (Phi) is 3.60. The summed E-state index contributed by atoms with van der Waals surface area (Å²) in [6, 6.07) is 0. The summed E-state index contributed by atoms with van der Waals surface area (Å²) in [5.74, 6) is 0.177. The van der Waals surface area contributed by atoms with Crippen molar-refractivity contribution in [2.45, 2.75) is 26.7 Å². The Morgan fingerprint density at radius 3 is 2.80 bits per heavy atom. The summed E-state index contributed by atoms with van der Waals surface area (Å²) in [7, 11) is 0. The summed E-state index contributed by atoms with van der Waals surface area (Å²) in [6.07, 6.45) is 1.50. The quantitative estimate of drug-likeness (QED) is 0.724. The van der Waals surface area contributed by atoms with Crippen molar-refractivity contribution in [3.8, 4) is 0 Å². The number of nitrogen functional groups attached to an aromatic ring is 1. The second-order valence-electron chi connectivity index (χ2n) is 3.55. The number of nitrogens with one attached hydrogen (secondary N) is 1. The van der Waals surface area contributed by atoms with Gasteiger partial charge in [0.15, 0.2) is 0 Å². The lowest BCUT2D eigenvalue weighted by Gasteiger charge is -2.08. The van der Waals surface area contributed by atoms with Gasteiger partial charge in [-0.1, -0.05) is 13.8 Å². The fourth-order valence-corrected chi connectivity index (χ4v) is 1.24. The van der Waals surface area contributed by atoms with E-state index in [1.54, 1.807) is 0 Å². The molecule has 0 unspecified atom stereocenters. The van der Waals surface area contributed by atoms with Crippen molar-refractivity contribution < 1.29 is 0 Å². The third-order valence-electron chi connectivity index (χ3n) is 2.04. The number of rotatable bonds is 3. The smallest absolute Gasteiger partial charge is 0.275 e. The van der Waals surface area contributed by atoms with Crippen LogP contribution < -0.4 is 11.3 Å². The highest BCUT2D eigenvalue weighted by molar-refractivity contribution is 5.86. The lowest BCUT2D eigenvalue weighted by molar-refractivity contribution is 0.781. The van der Waals surface area contributed by atoms with Crippen LogP contribution in [-0.4, -0.2) is 23.0 Å². The van der Waals surface area contributed by atoms with Gasteiger partial charge in [0, 0.05) is 12.8 Å². The molecule has 0 aliphatic carbocycles. The van der Waals surface area contributed by atoms with E-state index < -0.39 is 0 Å². The zero-order valence-corrected chi connectivity index (χ0v) is 9.24. The molecule has 0 saturated heterocycles. The Hall–Kier alpha value is -1.65. The number of aromatic amines is 1. The van der Waals surface area contributed by atoms with Crippen LogP contribution in [0.1, 0.15) is 37.9 Å². The number of anilines is 1. The zero-order chi connectivity index (χ0) is 11.4. The molecule has 1 aromatic heterocycles. The molecule has 5 heteroatoms. The summed E-state index contributed by atoms with van der Waals surface area (Å²) >= 11 is 0. The van der Waals surface area contributed by atoms with Crippen molar-refractivity contribution in [3.05, 3.63) is 21.6 Å². The molecule has 0 spiro atoms. The largest absolute Gasteiger partial charge is 0.396 e. The van der Waals surface area contributed by atoms with Crippen molar-refractivity contribution in [2.75, 3.05) is 12.3 Å². The molecule has 1 aromatic rings. The maximum atomic E-state index is 11.4. The first kappa shape index (κ1) is 11.4. The molecule has 3 N–H and O–H groups in total. The Morgan fingerprint density at radius 1 is 1.60 bits per heavy atom. The average molecular weight is 208 g/mol. The molecule has 0 aliphatic heterocycles. The van der Waals surface area contributed by atoms with Gasteiger partial charge >= 0.3 is 0 Å². The minimum Gasteiger partial charge on any atom is -0.396 e. The predicted molar refractivity (Wildman–Crippen MR) is 61.5 cm³/mol. The highest BCUT2D eigenvalue weighted by Crippen LogP contribution is 2.18. The van der Waals surface area contributed by atoms with Crippen molar-refractivity contribution >= 4 is 11.9 Å². The lowest BCUT2D eigenvalue weighted by atomic mass is 10.1. The highest BCUT2D eigenvalue weighted by Gasteiger charge is 2.11. The van der Waals surface area contributed by atoms with Gasteiger partial charge in [0.05, 0.1) is 16.9 Å². The molecule has 1 rings (SSSR count). The summed E-state index contributed by atoms with van der Waals surface area (Å²) < 4.78 is 0. The standard InChI is InChI=1S/C10H16N4O/c1-4-12-5-7-8(11)9(6(2)3)13-14-10(7)15/h5-6H,4H2,1-3H3,(H3,11,14,15). The van der Waals surface area contributed by atoms with E-state index in [1.165, 1.54) is 6.21 Å². The Bertz CT molecular complexity index is 420. The molecule has 0 saturated carbocycles. The van der Waals surface area contributed by atoms with E-state index in [1.807, 2.05) is 20.8 Å². The molecule has 0 aliphatic rings. The van der Waals surface area contributed by atoms with E-state index in [4.69, 9.17) is 5.73 Å². The number of hydrogen-bond donors (Lipinski definition) is 2. The topological polar surface area (TPSA) is 84.1 Å². The molecule has 0 amide bonds. The van der Waals surface area contributed by atoms with E-state index in [2.05, 4.69) is 15.2 Å². The van der Waals surface area contributed by atoms with Gasteiger partial charge in [0.2, 0.25) is 0 Å². The van der Waals surface area contributed by atoms with Crippen molar-refractivity contribution in [3.63, 3.8) is 0 Å². The van der Waals surface area contributed by atoms with Gasteiger partial charge in [-0.2, -0.15) is 5.10 Å². The van der Waals surface area contributed by atoms with Crippen LogP contribution in [0.3, 0.4) is 0 Å². The summed E-state index contributed by atoms with van der Waals surface area (Å²) in [4.78, 5) is 15.4. The Morgan fingerprint density at radius 2 is 2.27 bits per heavy atom. The zero-order valence-electron chi connectivity index (χ0n) is 9.24.